The first-order valence-electron chi connectivity index (χ1n) is 11.3. The summed E-state index contributed by atoms with van der Waals surface area (Å²) in [5.41, 5.74) is 2.21. The number of sulfonamides is 1. The molecule has 8 nitrogen and oxygen atoms in total. The normalized spacial score (nSPS) is 12.2. The molecule has 2 amide bonds. The van der Waals surface area contributed by atoms with Gasteiger partial charge in [0.2, 0.25) is 21.8 Å². The van der Waals surface area contributed by atoms with Crippen LogP contribution in [0.2, 0.25) is 0 Å². The number of methoxy groups -OCH3 is 1. The molecule has 0 saturated carbocycles. The molecule has 2 aromatic rings. The monoisotopic (exact) mass is 489 g/mol. The van der Waals surface area contributed by atoms with E-state index in [0.717, 1.165) is 28.1 Å². The van der Waals surface area contributed by atoms with Gasteiger partial charge in [0, 0.05) is 12.6 Å². The summed E-state index contributed by atoms with van der Waals surface area (Å²) in [4.78, 5) is 27.7. The first kappa shape index (κ1) is 27.2. The second-order valence-corrected chi connectivity index (χ2v) is 10.4. The van der Waals surface area contributed by atoms with Gasteiger partial charge in [0.25, 0.3) is 0 Å². The molecule has 186 valence electrons. The Morgan fingerprint density at radius 2 is 1.68 bits per heavy atom. The fourth-order valence-electron chi connectivity index (χ4n) is 3.47. The number of anilines is 1. The molecule has 0 fully saturated rings. The SMILES string of the molecule is CCc1ccc(N(CC(=O)N(Cc2cccc(OC)c2)[C@H](C)C(=O)NC(C)C)S(C)(=O)=O)cc1. The third kappa shape index (κ3) is 7.48. The lowest BCUT2D eigenvalue weighted by atomic mass is 10.1. The van der Waals surface area contributed by atoms with E-state index < -0.39 is 28.5 Å². The third-order valence-corrected chi connectivity index (χ3v) is 6.54. The van der Waals surface area contributed by atoms with E-state index in [1.165, 1.54) is 4.90 Å². The highest BCUT2D eigenvalue weighted by Gasteiger charge is 2.30. The van der Waals surface area contributed by atoms with Crippen molar-refractivity contribution in [1.82, 2.24) is 10.2 Å². The Kier molecular flexibility index (Phi) is 9.49. The number of aryl methyl sites for hydroxylation is 1. The average molecular weight is 490 g/mol. The second-order valence-electron chi connectivity index (χ2n) is 8.50. The zero-order valence-corrected chi connectivity index (χ0v) is 21.6. The van der Waals surface area contributed by atoms with Crippen LogP contribution in [0.3, 0.4) is 0 Å². The molecule has 0 aliphatic carbocycles. The maximum absolute atomic E-state index is 13.5. The maximum Gasteiger partial charge on any atom is 0.244 e. The minimum atomic E-state index is -3.75. The van der Waals surface area contributed by atoms with Crippen LogP contribution >= 0.6 is 0 Å². The number of hydrogen-bond acceptors (Lipinski definition) is 5. The lowest BCUT2D eigenvalue weighted by Gasteiger charge is -2.32. The summed E-state index contributed by atoms with van der Waals surface area (Å²) in [6.45, 7) is 7.01. The van der Waals surface area contributed by atoms with Crippen LogP contribution in [-0.2, 0) is 32.6 Å². The summed E-state index contributed by atoms with van der Waals surface area (Å²) >= 11 is 0. The Bertz CT molecular complexity index is 1080. The van der Waals surface area contributed by atoms with Crippen LogP contribution < -0.4 is 14.4 Å². The molecule has 0 bridgehead atoms. The number of benzene rings is 2. The Labute approximate surface area is 202 Å². The van der Waals surface area contributed by atoms with Gasteiger partial charge in [-0.05, 0) is 62.6 Å². The number of carbonyl (C=O) groups is 2. The van der Waals surface area contributed by atoms with Crippen molar-refractivity contribution in [2.45, 2.75) is 52.7 Å². The molecule has 0 aliphatic heterocycles. The molecule has 2 rings (SSSR count). The van der Waals surface area contributed by atoms with E-state index in [9.17, 15) is 18.0 Å². The minimum absolute atomic E-state index is 0.103. The van der Waals surface area contributed by atoms with Gasteiger partial charge >= 0.3 is 0 Å². The van der Waals surface area contributed by atoms with Crippen LogP contribution in [0.15, 0.2) is 48.5 Å². The molecule has 2 aromatic carbocycles. The quantitative estimate of drug-likeness (QED) is 0.524. The van der Waals surface area contributed by atoms with Crippen LogP contribution in [0, 0.1) is 0 Å². The summed E-state index contributed by atoms with van der Waals surface area (Å²) in [7, 11) is -2.20. The van der Waals surface area contributed by atoms with E-state index in [4.69, 9.17) is 4.74 Å². The lowest BCUT2D eigenvalue weighted by molar-refractivity contribution is -0.139. The van der Waals surface area contributed by atoms with Gasteiger partial charge in [-0.15, -0.1) is 0 Å². The number of ether oxygens (including phenoxy) is 1. The Balaban J connectivity index is 2.39. The molecule has 0 saturated heterocycles. The number of nitrogens with one attached hydrogen (secondary N) is 1. The lowest BCUT2D eigenvalue weighted by Crippen LogP contribution is -2.52. The average Bonchev–Trinajstić information content (AvgIpc) is 2.79. The van der Waals surface area contributed by atoms with Crippen LogP contribution in [0.5, 0.6) is 5.75 Å². The first-order chi connectivity index (χ1) is 16.0. The molecular weight excluding hydrogens is 454 g/mol. The van der Waals surface area contributed by atoms with E-state index in [-0.39, 0.29) is 18.5 Å². The van der Waals surface area contributed by atoms with E-state index >= 15 is 0 Å². The van der Waals surface area contributed by atoms with Crippen LogP contribution in [0.25, 0.3) is 0 Å². The Morgan fingerprint density at radius 3 is 2.21 bits per heavy atom. The van der Waals surface area contributed by atoms with Crippen molar-refractivity contribution < 1.29 is 22.7 Å². The molecule has 0 spiro atoms. The summed E-state index contributed by atoms with van der Waals surface area (Å²) in [6, 6.07) is 13.3. The van der Waals surface area contributed by atoms with Crippen molar-refractivity contribution >= 4 is 27.5 Å². The van der Waals surface area contributed by atoms with Crippen molar-refractivity contribution in [3.63, 3.8) is 0 Å². The third-order valence-electron chi connectivity index (χ3n) is 5.40. The topological polar surface area (TPSA) is 96.0 Å². The molecule has 0 radical (unpaired) electrons. The summed E-state index contributed by atoms with van der Waals surface area (Å²) < 4.78 is 31.5. The molecular formula is C25H35N3O5S. The molecule has 34 heavy (non-hydrogen) atoms. The highest BCUT2D eigenvalue weighted by atomic mass is 32.2. The molecule has 1 N–H and O–H groups in total. The maximum atomic E-state index is 13.5. The smallest absolute Gasteiger partial charge is 0.244 e. The van der Waals surface area contributed by atoms with E-state index in [1.54, 1.807) is 44.4 Å². The van der Waals surface area contributed by atoms with Crippen LogP contribution in [0.4, 0.5) is 5.69 Å². The Morgan fingerprint density at radius 1 is 1.03 bits per heavy atom. The van der Waals surface area contributed by atoms with Crippen molar-refractivity contribution in [2.24, 2.45) is 0 Å². The number of nitrogens with zero attached hydrogens (tertiary/aromatic N) is 2. The minimum Gasteiger partial charge on any atom is -0.497 e. The number of carbonyl (C=O) groups excluding carboxylic acids is 2. The van der Waals surface area contributed by atoms with E-state index in [2.05, 4.69) is 5.32 Å². The highest BCUT2D eigenvalue weighted by Crippen LogP contribution is 2.21. The zero-order valence-electron chi connectivity index (χ0n) is 20.7. The predicted octanol–water partition coefficient (Wildman–Crippen LogP) is 2.97. The van der Waals surface area contributed by atoms with Crippen molar-refractivity contribution in [3.8, 4) is 5.75 Å². The molecule has 9 heteroatoms. The van der Waals surface area contributed by atoms with Gasteiger partial charge in [-0.2, -0.15) is 0 Å². The summed E-state index contributed by atoms with van der Waals surface area (Å²) in [5, 5.41) is 2.82. The van der Waals surface area contributed by atoms with E-state index in [1.807, 2.05) is 39.0 Å². The Hall–Kier alpha value is -3.07. The molecule has 0 heterocycles. The number of rotatable bonds is 11. The fourth-order valence-corrected chi connectivity index (χ4v) is 4.32. The number of hydrogen-bond donors (Lipinski definition) is 1. The fraction of sp³-hybridized carbons (Fsp3) is 0.440. The highest BCUT2D eigenvalue weighted by molar-refractivity contribution is 7.92. The number of amides is 2. The van der Waals surface area contributed by atoms with Crippen molar-refractivity contribution in [3.05, 3.63) is 59.7 Å². The standard InChI is InChI=1S/C25H35N3O5S/c1-7-20-11-13-22(14-12-20)28(34(6,31)32)17-24(29)27(19(4)25(30)26-18(2)3)16-21-9-8-10-23(15-21)33-5/h8-15,18-19H,7,16-17H2,1-6H3,(H,26,30)/t19-/m1/s1. The van der Waals surface area contributed by atoms with Crippen molar-refractivity contribution in [2.75, 3.05) is 24.2 Å². The summed E-state index contributed by atoms with van der Waals surface area (Å²) in [5.74, 6) is -0.179. The molecule has 0 aliphatic rings. The van der Waals surface area contributed by atoms with Crippen LogP contribution in [0.1, 0.15) is 38.8 Å². The van der Waals surface area contributed by atoms with Gasteiger partial charge in [0.1, 0.15) is 18.3 Å². The van der Waals surface area contributed by atoms with Gasteiger partial charge in [0.05, 0.1) is 19.1 Å². The van der Waals surface area contributed by atoms with Crippen LogP contribution in [-0.4, -0.2) is 57.1 Å². The van der Waals surface area contributed by atoms with Gasteiger partial charge in [-0.25, -0.2) is 8.42 Å². The zero-order chi connectivity index (χ0) is 25.5. The van der Waals surface area contributed by atoms with Gasteiger partial charge < -0.3 is 15.0 Å². The predicted molar refractivity (Wildman–Crippen MR) is 134 cm³/mol. The van der Waals surface area contributed by atoms with Gasteiger partial charge in [-0.3, -0.25) is 13.9 Å². The molecule has 0 aromatic heterocycles. The van der Waals surface area contributed by atoms with Gasteiger partial charge in [0.15, 0.2) is 0 Å². The summed E-state index contributed by atoms with van der Waals surface area (Å²) in [6.07, 6.45) is 1.88. The molecule has 0 unspecified atom stereocenters. The van der Waals surface area contributed by atoms with E-state index in [0.29, 0.717) is 11.4 Å². The second kappa shape index (κ2) is 11.9. The van der Waals surface area contributed by atoms with Crippen molar-refractivity contribution in [1.29, 1.82) is 0 Å². The molecule has 1 atom stereocenters. The first-order valence-corrected chi connectivity index (χ1v) is 13.1. The van der Waals surface area contributed by atoms with Gasteiger partial charge in [-0.1, -0.05) is 31.2 Å². The largest absolute Gasteiger partial charge is 0.497 e.